The first-order valence-electron chi connectivity index (χ1n) is 4.63. The molecular weight excluding hydrogens is 172 g/mol. The highest BCUT2D eigenvalue weighted by Gasteiger charge is 2.03. The molecule has 80 valence electrons. The molecule has 0 amide bonds. The molecule has 0 heterocycles. The summed E-state index contributed by atoms with van der Waals surface area (Å²) in [5, 5.41) is 9.28. The van der Waals surface area contributed by atoms with Crippen LogP contribution in [0.15, 0.2) is 0 Å². The lowest BCUT2D eigenvalue weighted by atomic mass is 10.4. The Morgan fingerprint density at radius 2 is 1.69 bits per heavy atom. The second kappa shape index (κ2) is 9.92. The Labute approximate surface area is 79.8 Å². The summed E-state index contributed by atoms with van der Waals surface area (Å²) in [4.78, 5) is 0. The van der Waals surface area contributed by atoms with Gasteiger partial charge in [-0.15, -0.1) is 0 Å². The Hall–Kier alpha value is -0.160. The average Bonchev–Trinajstić information content (AvgIpc) is 2.13. The van der Waals surface area contributed by atoms with E-state index in [1.54, 1.807) is 7.11 Å². The Bertz CT molecular complexity index is 97.6. The highest BCUT2D eigenvalue weighted by atomic mass is 16.5. The van der Waals surface area contributed by atoms with Crippen molar-refractivity contribution in [1.29, 1.82) is 0 Å². The maximum absolute atomic E-state index is 9.28. The predicted octanol–water partition coefficient (Wildman–Crippen LogP) is 0.437. The summed E-state index contributed by atoms with van der Waals surface area (Å²) >= 11 is 0. The lowest BCUT2D eigenvalue weighted by Crippen LogP contribution is -2.22. The number of ether oxygens (including phenoxy) is 3. The molecule has 4 nitrogen and oxygen atoms in total. The highest BCUT2D eigenvalue weighted by molar-refractivity contribution is 4.50. The molecule has 0 aromatic carbocycles. The molecule has 4 heteroatoms. The molecule has 13 heavy (non-hydrogen) atoms. The van der Waals surface area contributed by atoms with Crippen molar-refractivity contribution in [2.75, 3.05) is 40.1 Å². The largest absolute Gasteiger partial charge is 0.388 e. The number of methoxy groups -OCH3 is 1. The lowest BCUT2D eigenvalue weighted by Gasteiger charge is -2.10. The standard InChI is InChI=1S/C9H20O4/c1-3-4-12-7-9(10)8-13-6-5-11-2/h9-10H,3-8H2,1-2H3. The van der Waals surface area contributed by atoms with Crippen LogP contribution in [0, 0.1) is 0 Å². The molecule has 0 rings (SSSR count). The van der Waals surface area contributed by atoms with E-state index in [0.717, 1.165) is 6.42 Å². The van der Waals surface area contributed by atoms with E-state index in [1.807, 2.05) is 6.92 Å². The Kier molecular flexibility index (Phi) is 9.80. The molecule has 0 saturated heterocycles. The van der Waals surface area contributed by atoms with E-state index in [9.17, 15) is 5.11 Å². The van der Waals surface area contributed by atoms with Gasteiger partial charge in [-0.05, 0) is 6.42 Å². The topological polar surface area (TPSA) is 47.9 Å². The van der Waals surface area contributed by atoms with Crippen molar-refractivity contribution in [1.82, 2.24) is 0 Å². The number of hydrogen-bond donors (Lipinski definition) is 1. The summed E-state index contributed by atoms with van der Waals surface area (Å²) in [6.07, 6.45) is 0.445. The number of aliphatic hydroxyl groups excluding tert-OH is 1. The zero-order valence-corrected chi connectivity index (χ0v) is 8.49. The first-order chi connectivity index (χ1) is 6.31. The number of hydrogen-bond acceptors (Lipinski definition) is 4. The molecule has 1 atom stereocenters. The summed E-state index contributed by atoms with van der Waals surface area (Å²) in [5.74, 6) is 0. The fourth-order valence-corrected chi connectivity index (χ4v) is 0.773. The van der Waals surface area contributed by atoms with Crippen LogP contribution in [0.3, 0.4) is 0 Å². The van der Waals surface area contributed by atoms with Crippen molar-refractivity contribution in [3.05, 3.63) is 0 Å². The van der Waals surface area contributed by atoms with Gasteiger partial charge in [-0.2, -0.15) is 0 Å². The molecule has 0 bridgehead atoms. The first kappa shape index (κ1) is 12.8. The van der Waals surface area contributed by atoms with Crippen LogP contribution >= 0.6 is 0 Å². The fraction of sp³-hybridized carbons (Fsp3) is 1.00. The van der Waals surface area contributed by atoms with Gasteiger partial charge in [0.05, 0.1) is 26.4 Å². The zero-order valence-electron chi connectivity index (χ0n) is 8.49. The second-order valence-corrected chi connectivity index (χ2v) is 2.80. The summed E-state index contributed by atoms with van der Waals surface area (Å²) in [7, 11) is 1.62. The van der Waals surface area contributed by atoms with Crippen LogP contribution in [-0.2, 0) is 14.2 Å². The molecule has 0 aromatic rings. The molecule has 0 spiro atoms. The molecule has 0 aliphatic rings. The molecule has 0 aromatic heterocycles. The summed E-state index contributed by atoms with van der Waals surface area (Å²) in [6, 6.07) is 0. The van der Waals surface area contributed by atoms with Gasteiger partial charge in [-0.1, -0.05) is 6.92 Å². The van der Waals surface area contributed by atoms with Gasteiger partial charge >= 0.3 is 0 Å². The summed E-state index contributed by atoms with van der Waals surface area (Å²) in [5.41, 5.74) is 0. The van der Waals surface area contributed by atoms with Gasteiger partial charge in [-0.25, -0.2) is 0 Å². The third-order valence-corrected chi connectivity index (χ3v) is 1.40. The fourth-order valence-electron chi connectivity index (χ4n) is 0.773. The van der Waals surface area contributed by atoms with E-state index >= 15 is 0 Å². The molecule has 0 aliphatic heterocycles. The van der Waals surface area contributed by atoms with E-state index in [0.29, 0.717) is 33.0 Å². The van der Waals surface area contributed by atoms with Crippen LogP contribution in [0.25, 0.3) is 0 Å². The normalized spacial score (nSPS) is 13.2. The molecule has 0 fully saturated rings. The minimum atomic E-state index is -0.525. The smallest absolute Gasteiger partial charge is 0.101 e. The van der Waals surface area contributed by atoms with Gasteiger partial charge in [-0.3, -0.25) is 0 Å². The van der Waals surface area contributed by atoms with E-state index < -0.39 is 6.10 Å². The van der Waals surface area contributed by atoms with E-state index in [-0.39, 0.29) is 0 Å². The van der Waals surface area contributed by atoms with Gasteiger partial charge < -0.3 is 19.3 Å². The minimum absolute atomic E-state index is 0.313. The SMILES string of the molecule is CCCOCC(O)COCCOC. The maximum atomic E-state index is 9.28. The van der Waals surface area contributed by atoms with Crippen LogP contribution in [-0.4, -0.2) is 51.4 Å². The van der Waals surface area contributed by atoms with E-state index in [2.05, 4.69) is 0 Å². The third-order valence-electron chi connectivity index (χ3n) is 1.40. The quantitative estimate of drug-likeness (QED) is 0.538. The van der Waals surface area contributed by atoms with Gasteiger partial charge in [0.1, 0.15) is 6.10 Å². The third kappa shape index (κ3) is 9.76. The number of rotatable bonds is 9. The lowest BCUT2D eigenvalue weighted by molar-refractivity contribution is -0.0280. The minimum Gasteiger partial charge on any atom is -0.388 e. The van der Waals surface area contributed by atoms with Crippen LogP contribution in [0.1, 0.15) is 13.3 Å². The molecule has 1 unspecified atom stereocenters. The molecule has 0 saturated carbocycles. The Morgan fingerprint density at radius 1 is 1.08 bits per heavy atom. The second-order valence-electron chi connectivity index (χ2n) is 2.80. The van der Waals surface area contributed by atoms with Gasteiger partial charge in [0.2, 0.25) is 0 Å². The van der Waals surface area contributed by atoms with Crippen LogP contribution in [0.5, 0.6) is 0 Å². The molecule has 0 radical (unpaired) electrons. The van der Waals surface area contributed by atoms with E-state index in [4.69, 9.17) is 14.2 Å². The highest BCUT2D eigenvalue weighted by Crippen LogP contribution is 1.89. The monoisotopic (exact) mass is 192 g/mol. The number of aliphatic hydroxyl groups is 1. The van der Waals surface area contributed by atoms with Crippen molar-refractivity contribution < 1.29 is 19.3 Å². The average molecular weight is 192 g/mol. The predicted molar refractivity (Wildman–Crippen MR) is 49.8 cm³/mol. The van der Waals surface area contributed by atoms with Crippen molar-refractivity contribution in [3.8, 4) is 0 Å². The van der Waals surface area contributed by atoms with Crippen molar-refractivity contribution in [3.63, 3.8) is 0 Å². The summed E-state index contributed by atoms with van der Waals surface area (Å²) < 4.78 is 15.0. The van der Waals surface area contributed by atoms with Gasteiger partial charge in [0.25, 0.3) is 0 Å². The van der Waals surface area contributed by atoms with Gasteiger partial charge in [0.15, 0.2) is 0 Å². The van der Waals surface area contributed by atoms with Crippen LogP contribution in [0.4, 0.5) is 0 Å². The molecule has 1 N–H and O–H groups in total. The Balaban J connectivity index is 3.05. The zero-order chi connectivity index (χ0) is 9.94. The molecule has 0 aliphatic carbocycles. The Morgan fingerprint density at radius 3 is 2.23 bits per heavy atom. The first-order valence-corrected chi connectivity index (χ1v) is 4.63. The maximum Gasteiger partial charge on any atom is 0.101 e. The summed E-state index contributed by atoms with van der Waals surface area (Å²) in [6.45, 7) is 4.45. The van der Waals surface area contributed by atoms with Crippen molar-refractivity contribution in [2.45, 2.75) is 19.4 Å². The van der Waals surface area contributed by atoms with Crippen LogP contribution < -0.4 is 0 Å². The van der Waals surface area contributed by atoms with Crippen LogP contribution in [0.2, 0.25) is 0 Å². The van der Waals surface area contributed by atoms with Gasteiger partial charge in [0, 0.05) is 13.7 Å². The molecular formula is C9H20O4. The van der Waals surface area contributed by atoms with E-state index in [1.165, 1.54) is 0 Å². The van der Waals surface area contributed by atoms with Crippen molar-refractivity contribution >= 4 is 0 Å². The van der Waals surface area contributed by atoms with Crippen molar-refractivity contribution in [2.24, 2.45) is 0 Å².